The minimum Gasteiger partial charge on any atom is -0.456 e. The summed E-state index contributed by atoms with van der Waals surface area (Å²) in [6.45, 7) is 0. The Balaban J connectivity index is 1.11. The van der Waals surface area contributed by atoms with Gasteiger partial charge in [-0.3, -0.25) is 5.32 Å². The first-order valence-corrected chi connectivity index (χ1v) is 17.3. The molecule has 1 aliphatic heterocycles. The van der Waals surface area contributed by atoms with Crippen LogP contribution in [0.3, 0.4) is 0 Å². The molecule has 0 saturated heterocycles. The Labute approximate surface area is 292 Å². The molecule has 242 valence electrons. The molecule has 11 rings (SSSR count). The lowest BCUT2D eigenvalue weighted by atomic mass is 10.0. The Morgan fingerprint density at radius 2 is 1.14 bits per heavy atom. The minimum atomic E-state index is -0.232. The summed E-state index contributed by atoms with van der Waals surface area (Å²) in [5, 5.41) is 14.1. The molecule has 7 aromatic carbocycles. The smallest absolute Gasteiger partial charge is 0.139 e. The summed E-state index contributed by atoms with van der Waals surface area (Å²) in [6.07, 6.45) is -0.369. The fourth-order valence-corrected chi connectivity index (χ4v) is 7.94. The number of para-hydroxylation sites is 2. The van der Waals surface area contributed by atoms with Crippen LogP contribution in [0.25, 0.3) is 71.4 Å². The molecule has 0 bridgehead atoms. The molecule has 0 aliphatic carbocycles. The van der Waals surface area contributed by atoms with Gasteiger partial charge in [0.15, 0.2) is 0 Å². The maximum atomic E-state index is 6.53. The van der Waals surface area contributed by atoms with Gasteiger partial charge in [-0.2, -0.15) is 0 Å². The van der Waals surface area contributed by atoms with Crippen molar-refractivity contribution in [3.63, 3.8) is 0 Å². The number of aromatic nitrogens is 1. The van der Waals surface area contributed by atoms with Crippen molar-refractivity contribution in [2.75, 3.05) is 0 Å². The van der Waals surface area contributed by atoms with E-state index in [9.17, 15) is 0 Å². The highest BCUT2D eigenvalue weighted by Crippen LogP contribution is 2.40. The quantitative estimate of drug-likeness (QED) is 0.197. The van der Waals surface area contributed by atoms with Gasteiger partial charge in [-0.1, -0.05) is 109 Å². The fourth-order valence-electron chi connectivity index (χ4n) is 7.94. The molecule has 4 heterocycles. The zero-order chi connectivity index (χ0) is 33.5. The van der Waals surface area contributed by atoms with Gasteiger partial charge in [0.1, 0.15) is 40.5 Å². The van der Waals surface area contributed by atoms with Crippen LogP contribution in [0.5, 0.6) is 0 Å². The second kappa shape index (κ2) is 10.9. The Kier molecular flexibility index (Phi) is 6.05. The van der Waals surface area contributed by atoms with Crippen LogP contribution in [-0.2, 0) is 0 Å². The van der Waals surface area contributed by atoms with E-state index in [2.05, 4.69) is 143 Å². The van der Waals surface area contributed by atoms with E-state index in [1.165, 1.54) is 21.8 Å². The van der Waals surface area contributed by atoms with E-state index in [4.69, 9.17) is 13.8 Å². The van der Waals surface area contributed by atoms with Crippen LogP contribution in [0.4, 0.5) is 0 Å². The fraction of sp³-hybridized carbons (Fsp3) is 0.0444. The first kappa shape index (κ1) is 28.2. The monoisotopic (exact) mass is 658 g/mol. The second-order valence-corrected chi connectivity index (χ2v) is 13.2. The van der Waals surface area contributed by atoms with Gasteiger partial charge in [0.05, 0.1) is 11.0 Å². The number of aliphatic imine (C=N–C) groups is 1. The predicted molar refractivity (Wildman–Crippen MR) is 207 cm³/mol. The lowest BCUT2D eigenvalue weighted by molar-refractivity contribution is 0.409. The molecule has 0 amide bonds. The number of benzene rings is 7. The Hall–Kier alpha value is -6.63. The van der Waals surface area contributed by atoms with Crippen LogP contribution >= 0.6 is 0 Å². The van der Waals surface area contributed by atoms with Crippen molar-refractivity contribution < 1.29 is 8.83 Å². The molecule has 1 aliphatic rings. The predicted octanol–water partition coefficient (Wildman–Crippen LogP) is 10.9. The summed E-state index contributed by atoms with van der Waals surface area (Å²) in [6, 6.07) is 55.0. The number of furan rings is 2. The first-order chi connectivity index (χ1) is 25.3. The Bertz CT molecular complexity index is 2940. The summed E-state index contributed by atoms with van der Waals surface area (Å²) >= 11 is 0. The van der Waals surface area contributed by atoms with Gasteiger partial charge in [0.25, 0.3) is 0 Å². The van der Waals surface area contributed by atoms with Crippen LogP contribution in [0.1, 0.15) is 29.0 Å². The van der Waals surface area contributed by atoms with Gasteiger partial charge < -0.3 is 18.7 Å². The van der Waals surface area contributed by atoms with Gasteiger partial charge in [0.2, 0.25) is 0 Å². The number of hydrogen-bond acceptors (Lipinski definition) is 5. The van der Waals surface area contributed by atoms with Crippen molar-refractivity contribution in [3.05, 3.63) is 174 Å². The van der Waals surface area contributed by atoms with Crippen molar-refractivity contribution in [2.45, 2.75) is 12.3 Å². The zero-order valence-electron chi connectivity index (χ0n) is 27.4. The van der Waals surface area contributed by atoms with E-state index in [1.54, 1.807) is 0 Å². The third-order valence-corrected chi connectivity index (χ3v) is 10.3. The molecule has 0 radical (unpaired) electrons. The second-order valence-electron chi connectivity index (χ2n) is 13.2. The zero-order valence-corrected chi connectivity index (χ0v) is 27.4. The lowest BCUT2D eigenvalue weighted by Gasteiger charge is -2.32. The molecule has 10 aromatic rings. The van der Waals surface area contributed by atoms with E-state index in [1.807, 2.05) is 30.3 Å². The van der Waals surface area contributed by atoms with Gasteiger partial charge >= 0.3 is 0 Å². The van der Waals surface area contributed by atoms with Crippen LogP contribution in [0, 0.1) is 0 Å². The Morgan fingerprint density at radius 1 is 0.490 bits per heavy atom. The first-order valence-electron chi connectivity index (χ1n) is 17.3. The molecule has 2 unspecified atom stereocenters. The molecule has 2 N–H and O–H groups in total. The minimum absolute atomic E-state index is 0.138. The molecule has 0 saturated carbocycles. The summed E-state index contributed by atoms with van der Waals surface area (Å²) in [5.41, 5.74) is 9.90. The summed E-state index contributed by atoms with van der Waals surface area (Å²) in [7, 11) is 0. The van der Waals surface area contributed by atoms with Gasteiger partial charge in [-0.15, -0.1) is 0 Å². The van der Waals surface area contributed by atoms with E-state index in [0.29, 0.717) is 0 Å². The SMILES string of the molecule is c1ccc(C2N=C(c3cccc4oc5cc6oc7ccc(-n8c9ccccc9c9ccccc98)cc7c6cc5c34)NC(c3ccccc3)N2)cc1. The van der Waals surface area contributed by atoms with Gasteiger partial charge in [-0.05, 0) is 53.6 Å². The van der Waals surface area contributed by atoms with Crippen LogP contribution in [0.15, 0.2) is 172 Å². The molecule has 0 fully saturated rings. The normalized spacial score (nSPS) is 16.4. The molecule has 6 heteroatoms. The lowest BCUT2D eigenvalue weighted by Crippen LogP contribution is -2.45. The van der Waals surface area contributed by atoms with E-state index in [-0.39, 0.29) is 12.3 Å². The third kappa shape index (κ3) is 4.37. The summed E-state index contributed by atoms with van der Waals surface area (Å²) < 4.78 is 15.3. The van der Waals surface area contributed by atoms with E-state index in [0.717, 1.165) is 72.1 Å². The summed E-state index contributed by atoms with van der Waals surface area (Å²) in [5.74, 6) is 0.815. The molecule has 6 nitrogen and oxygen atoms in total. The topological polar surface area (TPSA) is 67.6 Å². The largest absolute Gasteiger partial charge is 0.456 e. The molecule has 51 heavy (non-hydrogen) atoms. The summed E-state index contributed by atoms with van der Waals surface area (Å²) in [4.78, 5) is 5.26. The Morgan fingerprint density at radius 3 is 1.90 bits per heavy atom. The van der Waals surface area contributed by atoms with Crippen molar-refractivity contribution in [1.29, 1.82) is 0 Å². The van der Waals surface area contributed by atoms with Crippen molar-refractivity contribution in [3.8, 4) is 5.69 Å². The van der Waals surface area contributed by atoms with Crippen LogP contribution < -0.4 is 10.6 Å². The highest BCUT2D eigenvalue weighted by molar-refractivity contribution is 6.21. The number of amidine groups is 1. The number of nitrogens with one attached hydrogen (secondary N) is 2. The van der Waals surface area contributed by atoms with E-state index < -0.39 is 0 Å². The molecule has 2 atom stereocenters. The third-order valence-electron chi connectivity index (χ3n) is 10.3. The highest BCUT2D eigenvalue weighted by atomic mass is 16.3. The molecular formula is C45H30N4O2. The molecular weight excluding hydrogens is 629 g/mol. The van der Waals surface area contributed by atoms with Gasteiger partial charge in [0, 0.05) is 49.6 Å². The standard InChI is InChI=1S/C45H30N4O2/c1-3-12-27(13-4-1)43-46-44(28-14-5-2-6-15-28)48-45(47-43)32-18-11-21-39-42(32)35-25-34-33-24-29(22-23-38(33)50-40(34)26-41(35)51-39)49-36-19-9-7-16-30(36)31-17-8-10-20-37(31)49/h1-26,43-44,46H,(H,47,48). The number of rotatable bonds is 4. The highest BCUT2D eigenvalue weighted by Gasteiger charge is 2.27. The van der Waals surface area contributed by atoms with E-state index >= 15 is 0 Å². The van der Waals surface area contributed by atoms with Crippen LogP contribution in [0.2, 0.25) is 0 Å². The van der Waals surface area contributed by atoms with Crippen molar-refractivity contribution in [2.24, 2.45) is 4.99 Å². The number of nitrogens with zero attached hydrogens (tertiary/aromatic N) is 2. The number of fused-ring (bicyclic) bond motifs is 9. The van der Waals surface area contributed by atoms with Crippen molar-refractivity contribution >= 4 is 71.5 Å². The maximum absolute atomic E-state index is 6.53. The number of hydrogen-bond donors (Lipinski definition) is 2. The molecule has 3 aromatic heterocycles. The molecule has 0 spiro atoms. The average Bonchev–Trinajstić information content (AvgIpc) is 3.86. The maximum Gasteiger partial charge on any atom is 0.139 e. The average molecular weight is 659 g/mol. The van der Waals surface area contributed by atoms with Gasteiger partial charge in [-0.25, -0.2) is 4.99 Å². The van der Waals surface area contributed by atoms with Crippen molar-refractivity contribution in [1.82, 2.24) is 15.2 Å². The van der Waals surface area contributed by atoms with Crippen LogP contribution in [-0.4, -0.2) is 10.4 Å².